The molecule has 4 rings (SSSR count). The van der Waals surface area contributed by atoms with Crippen LogP contribution in [0.2, 0.25) is 5.02 Å². The quantitative estimate of drug-likeness (QED) is 0.563. The first kappa shape index (κ1) is 19.5. The fourth-order valence-electron chi connectivity index (χ4n) is 3.58. The molecule has 3 nitrogen and oxygen atoms in total. The summed E-state index contributed by atoms with van der Waals surface area (Å²) in [7, 11) is -3.28. The first-order chi connectivity index (χ1) is 13.9. The highest BCUT2D eigenvalue weighted by atomic mass is 35.5. The lowest BCUT2D eigenvalue weighted by molar-refractivity contribution is 0.607. The number of halogens is 1. The fraction of sp³-hybridized carbons (Fsp3) is 0.125. The van der Waals surface area contributed by atoms with E-state index in [-0.39, 0.29) is 0 Å². The number of benzene rings is 3. The maximum atomic E-state index is 11.4. The largest absolute Gasteiger partial charge is 0.284 e. The first-order valence-electron chi connectivity index (χ1n) is 9.31. The van der Waals surface area contributed by atoms with E-state index in [1.165, 1.54) is 16.7 Å². The number of sulfonamides is 1. The molecule has 0 aromatic heterocycles. The van der Waals surface area contributed by atoms with Gasteiger partial charge in [-0.3, -0.25) is 4.72 Å². The van der Waals surface area contributed by atoms with Crippen LogP contribution in [0, 0.1) is 0 Å². The van der Waals surface area contributed by atoms with Crippen molar-refractivity contribution in [3.05, 3.63) is 105 Å². The van der Waals surface area contributed by atoms with Gasteiger partial charge in [-0.15, -0.1) is 5.73 Å². The molecule has 0 heterocycles. The number of hydrogen-bond donors (Lipinski definition) is 1. The second kappa shape index (κ2) is 7.92. The van der Waals surface area contributed by atoms with Crippen molar-refractivity contribution < 1.29 is 8.42 Å². The molecule has 29 heavy (non-hydrogen) atoms. The average molecular weight is 422 g/mol. The molecule has 3 aromatic rings. The van der Waals surface area contributed by atoms with Gasteiger partial charge in [-0.25, -0.2) is 8.42 Å². The summed E-state index contributed by atoms with van der Waals surface area (Å²) < 4.78 is 25.2. The highest BCUT2D eigenvalue weighted by Gasteiger charge is 2.17. The highest BCUT2D eigenvalue weighted by molar-refractivity contribution is 7.92. The molecule has 1 aliphatic rings. The molecule has 0 fully saturated rings. The molecular weight excluding hydrogens is 402 g/mol. The highest BCUT2D eigenvalue weighted by Crippen LogP contribution is 2.34. The molecule has 1 N–H and O–H groups in total. The van der Waals surface area contributed by atoms with Crippen LogP contribution in [0.25, 0.3) is 11.6 Å². The minimum atomic E-state index is -3.28. The van der Waals surface area contributed by atoms with Crippen molar-refractivity contribution in [2.24, 2.45) is 0 Å². The molecule has 0 atom stereocenters. The lowest BCUT2D eigenvalue weighted by atomic mass is 9.94. The van der Waals surface area contributed by atoms with Gasteiger partial charge in [0.1, 0.15) is 0 Å². The molecule has 0 aliphatic heterocycles. The van der Waals surface area contributed by atoms with Gasteiger partial charge in [0.2, 0.25) is 10.0 Å². The van der Waals surface area contributed by atoms with Gasteiger partial charge >= 0.3 is 0 Å². The Morgan fingerprint density at radius 2 is 1.62 bits per heavy atom. The number of aryl methyl sites for hydroxylation is 2. The van der Waals surface area contributed by atoms with E-state index in [9.17, 15) is 8.42 Å². The third kappa shape index (κ3) is 4.63. The summed E-state index contributed by atoms with van der Waals surface area (Å²) in [4.78, 5) is 0. The van der Waals surface area contributed by atoms with Crippen LogP contribution in [-0.4, -0.2) is 14.7 Å². The van der Waals surface area contributed by atoms with Crippen LogP contribution in [0.3, 0.4) is 0 Å². The predicted molar refractivity (Wildman–Crippen MR) is 121 cm³/mol. The second-order valence-electron chi connectivity index (χ2n) is 7.12. The van der Waals surface area contributed by atoms with Crippen LogP contribution < -0.4 is 4.72 Å². The first-order valence-corrected chi connectivity index (χ1v) is 11.6. The third-order valence-electron chi connectivity index (χ3n) is 4.88. The van der Waals surface area contributed by atoms with Crippen molar-refractivity contribution in [2.45, 2.75) is 12.8 Å². The Morgan fingerprint density at radius 1 is 0.931 bits per heavy atom. The molecule has 0 saturated heterocycles. The summed E-state index contributed by atoms with van der Waals surface area (Å²) in [5.41, 5.74) is 10.8. The molecule has 0 spiro atoms. The second-order valence-corrected chi connectivity index (χ2v) is 9.30. The SMILES string of the molecule is CS(=O)(=O)Nc1ccc(C=C=C2c3ccccc3CCc3cc(Cl)ccc32)cc1. The van der Waals surface area contributed by atoms with Crippen LogP contribution in [0.1, 0.15) is 27.8 Å². The van der Waals surface area contributed by atoms with Crippen molar-refractivity contribution in [2.75, 3.05) is 11.0 Å². The van der Waals surface area contributed by atoms with Crippen LogP contribution in [0.15, 0.2) is 72.5 Å². The molecule has 0 radical (unpaired) electrons. The van der Waals surface area contributed by atoms with Crippen LogP contribution in [0.5, 0.6) is 0 Å². The fourth-order valence-corrected chi connectivity index (χ4v) is 4.34. The van der Waals surface area contributed by atoms with Gasteiger partial charge < -0.3 is 0 Å². The zero-order valence-corrected chi connectivity index (χ0v) is 17.5. The Balaban J connectivity index is 1.80. The van der Waals surface area contributed by atoms with E-state index in [0.29, 0.717) is 5.69 Å². The van der Waals surface area contributed by atoms with Crippen molar-refractivity contribution in [1.29, 1.82) is 0 Å². The molecule has 1 aliphatic carbocycles. The Morgan fingerprint density at radius 3 is 2.38 bits per heavy atom. The van der Waals surface area contributed by atoms with E-state index in [1.54, 1.807) is 12.1 Å². The van der Waals surface area contributed by atoms with Gasteiger partial charge in [0.05, 0.1) is 6.26 Å². The smallest absolute Gasteiger partial charge is 0.229 e. The molecular formula is C24H20ClNO2S. The van der Waals surface area contributed by atoms with E-state index < -0.39 is 10.0 Å². The molecule has 0 amide bonds. The van der Waals surface area contributed by atoms with Gasteiger partial charge in [0, 0.05) is 16.3 Å². The van der Waals surface area contributed by atoms with Crippen molar-refractivity contribution in [3.8, 4) is 0 Å². The number of hydrogen-bond acceptors (Lipinski definition) is 2. The topological polar surface area (TPSA) is 46.2 Å². The molecule has 146 valence electrons. The van der Waals surface area contributed by atoms with E-state index in [1.807, 2.05) is 36.4 Å². The number of nitrogens with one attached hydrogen (secondary N) is 1. The Bertz CT molecular complexity index is 1240. The summed E-state index contributed by atoms with van der Waals surface area (Å²) in [5.74, 6) is 0. The van der Waals surface area contributed by atoms with Crippen molar-refractivity contribution in [3.63, 3.8) is 0 Å². The average Bonchev–Trinajstić information content (AvgIpc) is 2.83. The minimum Gasteiger partial charge on any atom is -0.284 e. The Hall–Kier alpha value is -2.78. The maximum Gasteiger partial charge on any atom is 0.229 e. The van der Waals surface area contributed by atoms with Gasteiger partial charge in [-0.2, -0.15) is 0 Å². The predicted octanol–water partition coefficient (Wildman–Crippen LogP) is 5.55. The summed E-state index contributed by atoms with van der Waals surface area (Å²) >= 11 is 6.24. The Labute approximate surface area is 176 Å². The number of fused-ring (bicyclic) bond motifs is 2. The van der Waals surface area contributed by atoms with E-state index in [2.05, 4.69) is 34.7 Å². The van der Waals surface area contributed by atoms with E-state index in [4.69, 9.17) is 11.6 Å². The lowest BCUT2D eigenvalue weighted by Crippen LogP contribution is -2.09. The minimum absolute atomic E-state index is 0.539. The van der Waals surface area contributed by atoms with Gasteiger partial charge in [-0.1, -0.05) is 54.1 Å². The lowest BCUT2D eigenvalue weighted by Gasteiger charge is -2.09. The molecule has 3 aromatic carbocycles. The number of anilines is 1. The van der Waals surface area contributed by atoms with Gasteiger partial charge in [-0.05, 0) is 71.0 Å². The summed E-state index contributed by atoms with van der Waals surface area (Å²) in [6.07, 6.45) is 4.96. The zero-order chi connectivity index (χ0) is 20.4. The van der Waals surface area contributed by atoms with E-state index in [0.717, 1.165) is 40.8 Å². The molecule has 0 unspecified atom stereocenters. The normalized spacial score (nSPS) is 13.0. The monoisotopic (exact) mass is 421 g/mol. The number of rotatable bonds is 3. The molecule has 0 saturated carbocycles. The molecule has 5 heteroatoms. The van der Waals surface area contributed by atoms with E-state index >= 15 is 0 Å². The van der Waals surface area contributed by atoms with Gasteiger partial charge in [0.25, 0.3) is 0 Å². The van der Waals surface area contributed by atoms with Crippen molar-refractivity contribution >= 4 is 39.0 Å². The maximum absolute atomic E-state index is 11.4. The van der Waals surface area contributed by atoms with Gasteiger partial charge in [0.15, 0.2) is 0 Å². The summed E-state index contributed by atoms with van der Waals surface area (Å²) in [6, 6.07) is 21.7. The summed E-state index contributed by atoms with van der Waals surface area (Å²) in [5, 5.41) is 0.743. The van der Waals surface area contributed by atoms with Crippen molar-refractivity contribution in [1.82, 2.24) is 0 Å². The standard InChI is InChI=1S/C24H20ClNO2S/c1-29(27,28)26-21-12-6-17(7-13-21)8-14-24-22-5-3-2-4-18(22)9-10-19-16-20(25)11-15-23(19)24/h2-8,11-13,15-16,26H,9-10H2,1H3. The molecule has 0 bridgehead atoms. The zero-order valence-electron chi connectivity index (χ0n) is 15.9. The third-order valence-corrected chi connectivity index (χ3v) is 5.73. The Kier molecular flexibility index (Phi) is 5.33. The van der Waals surface area contributed by atoms with Crippen LogP contribution in [0.4, 0.5) is 5.69 Å². The van der Waals surface area contributed by atoms with Crippen LogP contribution in [-0.2, 0) is 22.9 Å². The summed E-state index contributed by atoms with van der Waals surface area (Å²) in [6.45, 7) is 0. The van der Waals surface area contributed by atoms with Crippen LogP contribution >= 0.6 is 11.6 Å².